The summed E-state index contributed by atoms with van der Waals surface area (Å²) in [5.74, 6) is 0.189. The second-order valence-corrected chi connectivity index (χ2v) is 4.37. The maximum atomic E-state index is 11.7. The number of ether oxygens (including phenoxy) is 1. The third kappa shape index (κ3) is 5.72. The van der Waals surface area contributed by atoms with E-state index in [1.54, 1.807) is 26.2 Å². The Kier molecular flexibility index (Phi) is 6.92. The summed E-state index contributed by atoms with van der Waals surface area (Å²) in [6.45, 7) is 3.50. The molecular weight excluding hydrogens is 244 g/mol. The van der Waals surface area contributed by atoms with Gasteiger partial charge in [-0.05, 0) is 19.4 Å². The number of amides is 1. The summed E-state index contributed by atoms with van der Waals surface area (Å²) in [5, 5.41) is 15.5. The zero-order valence-electron chi connectivity index (χ0n) is 11.5. The largest absolute Gasteiger partial charge is 0.508 e. The van der Waals surface area contributed by atoms with Crippen LogP contribution in [0.1, 0.15) is 18.9 Å². The number of carbonyl (C=O) groups excluding carboxylic acids is 1. The van der Waals surface area contributed by atoms with E-state index in [0.29, 0.717) is 19.7 Å². The summed E-state index contributed by atoms with van der Waals surface area (Å²) in [6.07, 6.45) is 0.800. The molecule has 0 saturated heterocycles. The molecule has 1 aromatic carbocycles. The van der Waals surface area contributed by atoms with Crippen molar-refractivity contribution < 1.29 is 14.6 Å². The lowest BCUT2D eigenvalue weighted by Crippen LogP contribution is -2.42. The molecule has 0 radical (unpaired) electrons. The lowest BCUT2D eigenvalue weighted by Gasteiger charge is -2.14. The van der Waals surface area contributed by atoms with Crippen molar-refractivity contribution in [2.45, 2.75) is 25.9 Å². The van der Waals surface area contributed by atoms with E-state index in [9.17, 15) is 9.90 Å². The van der Waals surface area contributed by atoms with Crippen molar-refractivity contribution >= 4 is 5.91 Å². The molecule has 0 spiro atoms. The zero-order chi connectivity index (χ0) is 14.1. The number of rotatable bonds is 8. The first-order valence-corrected chi connectivity index (χ1v) is 6.42. The van der Waals surface area contributed by atoms with Crippen LogP contribution in [-0.4, -0.2) is 37.3 Å². The first kappa shape index (κ1) is 15.5. The minimum absolute atomic E-state index is 0.0495. The van der Waals surface area contributed by atoms with Crippen LogP contribution < -0.4 is 10.6 Å². The number of hydrogen-bond donors (Lipinski definition) is 3. The fourth-order valence-corrected chi connectivity index (χ4v) is 1.60. The third-order valence-electron chi connectivity index (χ3n) is 2.81. The second-order valence-electron chi connectivity index (χ2n) is 4.37. The van der Waals surface area contributed by atoms with E-state index in [2.05, 4.69) is 10.6 Å². The van der Waals surface area contributed by atoms with E-state index in [-0.39, 0.29) is 17.7 Å². The standard InChI is InChI=1S/C14H22N2O3/c1-11(14(18)15-8-5-9-19-2)16-10-12-6-3-4-7-13(12)17/h3-4,6-7,11,16-17H,5,8-10H2,1-2H3,(H,15,18). The molecule has 0 fully saturated rings. The molecule has 0 aromatic heterocycles. The molecule has 5 nitrogen and oxygen atoms in total. The highest BCUT2D eigenvalue weighted by atomic mass is 16.5. The molecule has 0 bridgehead atoms. The van der Waals surface area contributed by atoms with Gasteiger partial charge in [-0.1, -0.05) is 18.2 Å². The molecule has 1 atom stereocenters. The molecule has 0 aliphatic carbocycles. The van der Waals surface area contributed by atoms with Gasteiger partial charge < -0.3 is 20.5 Å². The number of phenols is 1. The lowest BCUT2D eigenvalue weighted by atomic mass is 10.2. The van der Waals surface area contributed by atoms with Gasteiger partial charge in [0.05, 0.1) is 6.04 Å². The lowest BCUT2D eigenvalue weighted by molar-refractivity contribution is -0.122. The van der Waals surface area contributed by atoms with Crippen LogP contribution in [0.3, 0.4) is 0 Å². The number of para-hydroxylation sites is 1. The molecule has 1 unspecified atom stereocenters. The monoisotopic (exact) mass is 266 g/mol. The van der Waals surface area contributed by atoms with Gasteiger partial charge in [-0.15, -0.1) is 0 Å². The van der Waals surface area contributed by atoms with Gasteiger partial charge in [-0.25, -0.2) is 0 Å². The molecular formula is C14H22N2O3. The number of aromatic hydroxyl groups is 1. The fraction of sp³-hybridized carbons (Fsp3) is 0.500. The molecule has 0 saturated carbocycles. The van der Waals surface area contributed by atoms with E-state index < -0.39 is 0 Å². The van der Waals surface area contributed by atoms with Gasteiger partial charge in [0, 0.05) is 32.4 Å². The Bertz CT molecular complexity index is 396. The molecule has 106 valence electrons. The third-order valence-corrected chi connectivity index (χ3v) is 2.81. The fourth-order valence-electron chi connectivity index (χ4n) is 1.60. The number of nitrogens with one attached hydrogen (secondary N) is 2. The van der Waals surface area contributed by atoms with Crippen LogP contribution in [0.15, 0.2) is 24.3 Å². The molecule has 1 rings (SSSR count). The summed E-state index contributed by atoms with van der Waals surface area (Å²) in [6, 6.07) is 6.77. The van der Waals surface area contributed by atoms with Crippen LogP contribution in [0.4, 0.5) is 0 Å². The Hall–Kier alpha value is -1.59. The first-order chi connectivity index (χ1) is 9.15. The van der Waals surface area contributed by atoms with Crippen molar-refractivity contribution in [3.63, 3.8) is 0 Å². The number of phenolic OH excluding ortho intramolecular Hbond substituents is 1. The Morgan fingerprint density at radius 1 is 1.42 bits per heavy atom. The Labute approximate surface area is 114 Å². The molecule has 1 amide bonds. The second kappa shape index (κ2) is 8.50. The SMILES string of the molecule is COCCCNC(=O)C(C)NCc1ccccc1O. The average Bonchev–Trinajstić information content (AvgIpc) is 2.42. The van der Waals surface area contributed by atoms with Gasteiger partial charge in [0.1, 0.15) is 5.75 Å². The van der Waals surface area contributed by atoms with Crippen LogP contribution in [0.2, 0.25) is 0 Å². The highest BCUT2D eigenvalue weighted by molar-refractivity contribution is 5.81. The average molecular weight is 266 g/mol. The van der Waals surface area contributed by atoms with Gasteiger partial charge in [-0.2, -0.15) is 0 Å². The Balaban J connectivity index is 2.28. The van der Waals surface area contributed by atoms with Crippen LogP contribution in [0, 0.1) is 0 Å². The van der Waals surface area contributed by atoms with Crippen molar-refractivity contribution in [3.8, 4) is 5.75 Å². The van der Waals surface area contributed by atoms with Crippen molar-refractivity contribution in [2.24, 2.45) is 0 Å². The molecule has 0 aliphatic rings. The summed E-state index contributed by atoms with van der Waals surface area (Å²) in [5.41, 5.74) is 0.779. The maximum absolute atomic E-state index is 11.7. The number of benzene rings is 1. The minimum atomic E-state index is -0.304. The van der Waals surface area contributed by atoms with Gasteiger partial charge in [0.2, 0.25) is 5.91 Å². The van der Waals surface area contributed by atoms with Crippen molar-refractivity contribution in [3.05, 3.63) is 29.8 Å². The van der Waals surface area contributed by atoms with Gasteiger partial charge >= 0.3 is 0 Å². The molecule has 5 heteroatoms. The smallest absolute Gasteiger partial charge is 0.236 e. The van der Waals surface area contributed by atoms with Crippen molar-refractivity contribution in [1.82, 2.24) is 10.6 Å². The number of methoxy groups -OCH3 is 1. The van der Waals surface area contributed by atoms with E-state index in [1.165, 1.54) is 0 Å². The van der Waals surface area contributed by atoms with Gasteiger partial charge in [0.25, 0.3) is 0 Å². The Morgan fingerprint density at radius 3 is 2.84 bits per heavy atom. The van der Waals surface area contributed by atoms with Gasteiger partial charge in [0.15, 0.2) is 0 Å². The number of carbonyl (C=O) groups is 1. The van der Waals surface area contributed by atoms with Crippen molar-refractivity contribution in [2.75, 3.05) is 20.3 Å². The predicted molar refractivity (Wildman–Crippen MR) is 73.9 cm³/mol. The molecule has 0 aliphatic heterocycles. The summed E-state index contributed by atoms with van der Waals surface area (Å²) < 4.78 is 4.91. The summed E-state index contributed by atoms with van der Waals surface area (Å²) in [4.78, 5) is 11.7. The highest BCUT2D eigenvalue weighted by Crippen LogP contribution is 2.14. The van der Waals surface area contributed by atoms with E-state index in [4.69, 9.17) is 4.74 Å². The maximum Gasteiger partial charge on any atom is 0.236 e. The van der Waals surface area contributed by atoms with E-state index >= 15 is 0 Å². The van der Waals surface area contributed by atoms with Crippen LogP contribution >= 0.6 is 0 Å². The normalized spacial score (nSPS) is 12.1. The van der Waals surface area contributed by atoms with Gasteiger partial charge in [-0.3, -0.25) is 4.79 Å². The highest BCUT2D eigenvalue weighted by Gasteiger charge is 2.11. The zero-order valence-corrected chi connectivity index (χ0v) is 11.5. The molecule has 0 heterocycles. The van der Waals surface area contributed by atoms with Crippen LogP contribution in [-0.2, 0) is 16.1 Å². The van der Waals surface area contributed by atoms with Crippen molar-refractivity contribution in [1.29, 1.82) is 0 Å². The number of hydrogen-bond acceptors (Lipinski definition) is 4. The first-order valence-electron chi connectivity index (χ1n) is 6.42. The minimum Gasteiger partial charge on any atom is -0.508 e. The topological polar surface area (TPSA) is 70.6 Å². The van der Waals surface area contributed by atoms with Crippen LogP contribution in [0.5, 0.6) is 5.75 Å². The quantitative estimate of drug-likeness (QED) is 0.614. The van der Waals surface area contributed by atoms with E-state index in [1.807, 2.05) is 12.1 Å². The van der Waals surface area contributed by atoms with Crippen LogP contribution in [0.25, 0.3) is 0 Å². The summed E-state index contributed by atoms with van der Waals surface area (Å²) >= 11 is 0. The predicted octanol–water partition coefficient (Wildman–Crippen LogP) is 1.02. The molecule has 19 heavy (non-hydrogen) atoms. The molecule has 1 aromatic rings. The molecule has 3 N–H and O–H groups in total. The Morgan fingerprint density at radius 2 is 2.16 bits per heavy atom. The van der Waals surface area contributed by atoms with E-state index in [0.717, 1.165) is 12.0 Å². The summed E-state index contributed by atoms with van der Waals surface area (Å²) in [7, 11) is 1.64.